The predicted molar refractivity (Wildman–Crippen MR) is 65.5 cm³/mol. The smallest absolute Gasteiger partial charge is 0.337 e. The molecule has 0 aliphatic heterocycles. The Kier molecular flexibility index (Phi) is 4.58. The van der Waals surface area contributed by atoms with Gasteiger partial charge in [-0.3, -0.25) is 0 Å². The van der Waals surface area contributed by atoms with Crippen LogP contribution in [-0.2, 0) is 0 Å². The SMILES string of the molecule is C#CCCNC(=O)Nc1ccc(O)cc1C(=O)O. The van der Waals surface area contributed by atoms with Gasteiger partial charge >= 0.3 is 12.0 Å². The average Bonchev–Trinajstić information content (AvgIpc) is 2.31. The number of benzene rings is 1. The summed E-state index contributed by atoms with van der Waals surface area (Å²) in [6, 6.07) is 3.08. The third-order valence-corrected chi connectivity index (χ3v) is 2.04. The van der Waals surface area contributed by atoms with Gasteiger partial charge < -0.3 is 20.8 Å². The standard InChI is InChI=1S/C12H12N2O4/c1-2-3-6-13-12(18)14-10-5-4-8(15)7-9(10)11(16)17/h1,4-5,7,15H,3,6H2,(H,16,17)(H2,13,14,18). The van der Waals surface area contributed by atoms with E-state index in [2.05, 4.69) is 16.6 Å². The summed E-state index contributed by atoms with van der Waals surface area (Å²) in [6.45, 7) is 0.294. The van der Waals surface area contributed by atoms with Crippen molar-refractivity contribution in [2.75, 3.05) is 11.9 Å². The first-order valence-electron chi connectivity index (χ1n) is 5.09. The lowest BCUT2D eigenvalue weighted by atomic mass is 10.1. The number of amides is 2. The molecule has 0 unspecified atom stereocenters. The third kappa shape index (κ3) is 3.72. The fraction of sp³-hybridized carbons (Fsp3) is 0.167. The largest absolute Gasteiger partial charge is 0.508 e. The highest BCUT2D eigenvalue weighted by Crippen LogP contribution is 2.21. The third-order valence-electron chi connectivity index (χ3n) is 2.04. The molecule has 0 radical (unpaired) electrons. The number of terminal acetylenes is 1. The number of hydrogen-bond acceptors (Lipinski definition) is 3. The Labute approximate surface area is 104 Å². The van der Waals surface area contributed by atoms with Gasteiger partial charge in [-0.25, -0.2) is 9.59 Å². The Morgan fingerprint density at radius 2 is 2.11 bits per heavy atom. The van der Waals surface area contributed by atoms with E-state index in [1.807, 2.05) is 0 Å². The molecule has 0 aliphatic rings. The molecule has 0 fully saturated rings. The van der Waals surface area contributed by atoms with Crippen LogP contribution in [0.15, 0.2) is 18.2 Å². The summed E-state index contributed by atoms with van der Waals surface area (Å²) >= 11 is 0. The van der Waals surface area contributed by atoms with Gasteiger partial charge in [0.15, 0.2) is 0 Å². The van der Waals surface area contributed by atoms with Gasteiger partial charge in [0.05, 0.1) is 11.3 Å². The molecule has 6 heteroatoms. The molecule has 18 heavy (non-hydrogen) atoms. The molecule has 1 rings (SSSR count). The van der Waals surface area contributed by atoms with Crippen molar-refractivity contribution in [1.29, 1.82) is 0 Å². The van der Waals surface area contributed by atoms with Crippen LogP contribution < -0.4 is 10.6 Å². The molecule has 0 atom stereocenters. The van der Waals surface area contributed by atoms with Crippen molar-refractivity contribution in [2.24, 2.45) is 0 Å². The van der Waals surface area contributed by atoms with Crippen LogP contribution in [0.25, 0.3) is 0 Å². The topological polar surface area (TPSA) is 98.7 Å². The molecule has 0 heterocycles. The van der Waals surface area contributed by atoms with Crippen LogP contribution in [0, 0.1) is 12.3 Å². The molecular formula is C12H12N2O4. The lowest BCUT2D eigenvalue weighted by Crippen LogP contribution is -2.30. The first-order chi connectivity index (χ1) is 8.54. The van der Waals surface area contributed by atoms with Gasteiger partial charge in [0.1, 0.15) is 5.75 Å². The number of urea groups is 1. The minimum Gasteiger partial charge on any atom is -0.508 e. The first-order valence-corrected chi connectivity index (χ1v) is 5.09. The number of carboxylic acids is 1. The molecule has 0 bridgehead atoms. The minimum atomic E-state index is -1.25. The molecule has 0 saturated heterocycles. The number of carbonyl (C=O) groups is 2. The summed E-state index contributed by atoms with van der Waals surface area (Å²) in [5.41, 5.74) is -0.0967. The number of hydrogen-bond donors (Lipinski definition) is 4. The zero-order valence-corrected chi connectivity index (χ0v) is 9.43. The first kappa shape index (κ1) is 13.4. The van der Waals surface area contributed by atoms with E-state index in [1.165, 1.54) is 12.1 Å². The summed E-state index contributed by atoms with van der Waals surface area (Å²) < 4.78 is 0. The molecular weight excluding hydrogens is 236 g/mol. The molecule has 1 aromatic rings. The van der Waals surface area contributed by atoms with E-state index in [9.17, 15) is 14.7 Å². The highest BCUT2D eigenvalue weighted by molar-refractivity contribution is 6.00. The van der Waals surface area contributed by atoms with Crippen LogP contribution in [0.1, 0.15) is 16.8 Å². The van der Waals surface area contributed by atoms with Crippen LogP contribution in [0.3, 0.4) is 0 Å². The number of carbonyl (C=O) groups excluding carboxylic acids is 1. The molecule has 1 aromatic carbocycles. The maximum Gasteiger partial charge on any atom is 0.337 e. The Hall–Kier alpha value is -2.68. The number of rotatable bonds is 4. The lowest BCUT2D eigenvalue weighted by molar-refractivity contribution is 0.0697. The zero-order valence-electron chi connectivity index (χ0n) is 9.43. The van der Waals surface area contributed by atoms with Crippen molar-refractivity contribution in [2.45, 2.75) is 6.42 Å². The summed E-state index contributed by atoms with van der Waals surface area (Å²) in [5, 5.41) is 22.9. The zero-order chi connectivity index (χ0) is 13.5. The molecule has 0 spiro atoms. The van der Waals surface area contributed by atoms with Gasteiger partial charge in [-0.1, -0.05) is 0 Å². The van der Waals surface area contributed by atoms with E-state index < -0.39 is 12.0 Å². The number of aromatic hydroxyl groups is 1. The molecule has 2 amide bonds. The number of aromatic carboxylic acids is 1. The van der Waals surface area contributed by atoms with Gasteiger partial charge in [-0.15, -0.1) is 12.3 Å². The van der Waals surface area contributed by atoms with Crippen LogP contribution in [0.2, 0.25) is 0 Å². The van der Waals surface area contributed by atoms with Crippen LogP contribution >= 0.6 is 0 Å². The monoisotopic (exact) mass is 248 g/mol. The van der Waals surface area contributed by atoms with Crippen molar-refractivity contribution in [3.05, 3.63) is 23.8 Å². The average molecular weight is 248 g/mol. The maximum absolute atomic E-state index is 11.4. The van der Waals surface area contributed by atoms with Gasteiger partial charge in [-0.05, 0) is 18.2 Å². The van der Waals surface area contributed by atoms with E-state index in [4.69, 9.17) is 11.5 Å². The quantitative estimate of drug-likeness (QED) is 0.366. The lowest BCUT2D eigenvalue weighted by Gasteiger charge is -2.09. The fourth-order valence-electron chi connectivity index (χ4n) is 1.23. The Balaban J connectivity index is 2.75. The fourth-order valence-corrected chi connectivity index (χ4v) is 1.23. The van der Waals surface area contributed by atoms with Crippen molar-refractivity contribution < 1.29 is 19.8 Å². The van der Waals surface area contributed by atoms with Crippen molar-refractivity contribution >= 4 is 17.7 Å². The van der Waals surface area contributed by atoms with E-state index in [0.717, 1.165) is 6.07 Å². The Morgan fingerprint density at radius 3 is 2.72 bits per heavy atom. The van der Waals surface area contributed by atoms with Crippen LogP contribution in [0.4, 0.5) is 10.5 Å². The van der Waals surface area contributed by atoms with E-state index in [0.29, 0.717) is 13.0 Å². The van der Waals surface area contributed by atoms with E-state index >= 15 is 0 Å². The minimum absolute atomic E-state index is 0.0958. The maximum atomic E-state index is 11.4. The predicted octanol–water partition coefficient (Wildman–Crippen LogP) is 1.24. The van der Waals surface area contributed by atoms with E-state index in [1.54, 1.807) is 0 Å². The summed E-state index contributed by atoms with van der Waals surface area (Å²) in [4.78, 5) is 22.3. The molecule has 0 aliphatic carbocycles. The van der Waals surface area contributed by atoms with Gasteiger partial charge in [0.2, 0.25) is 0 Å². The molecule has 4 N–H and O–H groups in total. The Bertz CT molecular complexity index is 505. The van der Waals surface area contributed by atoms with Gasteiger partial charge in [0, 0.05) is 13.0 Å². The van der Waals surface area contributed by atoms with Crippen LogP contribution in [-0.4, -0.2) is 28.8 Å². The Morgan fingerprint density at radius 1 is 1.39 bits per heavy atom. The van der Waals surface area contributed by atoms with Gasteiger partial charge in [-0.2, -0.15) is 0 Å². The number of carboxylic acid groups (broad SMARTS) is 1. The second-order valence-electron chi connectivity index (χ2n) is 3.37. The number of anilines is 1. The van der Waals surface area contributed by atoms with Crippen LogP contribution in [0.5, 0.6) is 5.75 Å². The molecule has 0 saturated carbocycles. The molecule has 0 aromatic heterocycles. The number of nitrogens with one attached hydrogen (secondary N) is 2. The normalized spacial score (nSPS) is 9.28. The van der Waals surface area contributed by atoms with Gasteiger partial charge in [0.25, 0.3) is 0 Å². The second kappa shape index (κ2) is 6.15. The van der Waals surface area contributed by atoms with E-state index in [-0.39, 0.29) is 17.0 Å². The summed E-state index contributed by atoms with van der Waals surface area (Å²) in [7, 11) is 0. The molecule has 6 nitrogen and oxygen atoms in total. The number of phenols is 1. The van der Waals surface area contributed by atoms with Crippen molar-refractivity contribution in [1.82, 2.24) is 5.32 Å². The van der Waals surface area contributed by atoms with Crippen molar-refractivity contribution in [3.8, 4) is 18.1 Å². The molecule has 94 valence electrons. The summed E-state index contributed by atoms with van der Waals surface area (Å²) in [6.07, 6.45) is 5.40. The highest BCUT2D eigenvalue weighted by Gasteiger charge is 2.12. The second-order valence-corrected chi connectivity index (χ2v) is 3.37. The highest BCUT2D eigenvalue weighted by atomic mass is 16.4. The van der Waals surface area contributed by atoms with Crippen molar-refractivity contribution in [3.63, 3.8) is 0 Å². The summed E-state index contributed by atoms with van der Waals surface area (Å²) in [5.74, 6) is 0.920. The number of phenolic OH excluding ortho intramolecular Hbond substituents is 1.